The van der Waals surface area contributed by atoms with E-state index in [-0.39, 0.29) is 6.10 Å². The number of nitrogens with zero attached hydrogens (tertiary/aromatic N) is 1. The maximum atomic E-state index is 5.69. The van der Waals surface area contributed by atoms with Crippen LogP contribution in [0.5, 0.6) is 5.75 Å². The molecule has 0 spiro atoms. The molecule has 0 radical (unpaired) electrons. The Balaban J connectivity index is 2.00. The van der Waals surface area contributed by atoms with Gasteiger partial charge in [0, 0.05) is 19.5 Å². The van der Waals surface area contributed by atoms with Crippen molar-refractivity contribution in [2.75, 3.05) is 25.6 Å². The van der Waals surface area contributed by atoms with Gasteiger partial charge in [-0.05, 0) is 0 Å². The van der Waals surface area contributed by atoms with Gasteiger partial charge in [0.05, 0.1) is 31.3 Å². The molecule has 1 aromatic heterocycles. The van der Waals surface area contributed by atoms with Gasteiger partial charge >= 0.3 is 0 Å². The Morgan fingerprint density at radius 2 is 2.50 bits per heavy atom. The molecule has 1 N–H and O–H groups in total. The van der Waals surface area contributed by atoms with E-state index in [1.807, 2.05) is 13.1 Å². The highest BCUT2D eigenvalue weighted by Gasteiger charge is 2.17. The van der Waals surface area contributed by atoms with Crippen molar-refractivity contribution in [1.82, 2.24) is 4.98 Å². The maximum absolute atomic E-state index is 5.69. The molecule has 4 heteroatoms. The first-order valence-electron chi connectivity index (χ1n) is 4.75. The zero-order chi connectivity index (χ0) is 9.80. The first-order chi connectivity index (χ1) is 6.88. The Bertz CT molecular complexity index is 298. The fourth-order valence-corrected chi connectivity index (χ4v) is 1.42. The number of pyridine rings is 1. The number of aromatic nitrogens is 1. The Morgan fingerprint density at radius 3 is 3.21 bits per heavy atom. The van der Waals surface area contributed by atoms with E-state index in [2.05, 4.69) is 10.3 Å². The van der Waals surface area contributed by atoms with Crippen molar-refractivity contribution in [3.63, 3.8) is 0 Å². The van der Waals surface area contributed by atoms with Crippen molar-refractivity contribution in [2.24, 2.45) is 0 Å². The smallest absolute Gasteiger partial charge is 0.140 e. The van der Waals surface area contributed by atoms with Gasteiger partial charge in [-0.2, -0.15) is 0 Å². The van der Waals surface area contributed by atoms with Crippen LogP contribution in [0.15, 0.2) is 18.5 Å². The third kappa shape index (κ3) is 2.14. The summed E-state index contributed by atoms with van der Waals surface area (Å²) >= 11 is 0. The zero-order valence-electron chi connectivity index (χ0n) is 8.19. The monoisotopic (exact) mass is 194 g/mol. The summed E-state index contributed by atoms with van der Waals surface area (Å²) in [6.45, 7) is 1.48. The summed E-state index contributed by atoms with van der Waals surface area (Å²) < 4.78 is 10.9. The van der Waals surface area contributed by atoms with Crippen LogP contribution in [-0.2, 0) is 4.74 Å². The van der Waals surface area contributed by atoms with Crippen LogP contribution in [0.4, 0.5) is 5.69 Å². The lowest BCUT2D eigenvalue weighted by molar-refractivity contribution is 0.141. The van der Waals surface area contributed by atoms with E-state index in [0.29, 0.717) is 6.61 Å². The summed E-state index contributed by atoms with van der Waals surface area (Å²) in [4.78, 5) is 4.07. The van der Waals surface area contributed by atoms with Crippen LogP contribution in [0, 0.1) is 0 Å². The molecular formula is C10H14N2O2. The minimum Gasteiger partial charge on any atom is -0.486 e. The average molecular weight is 194 g/mol. The molecule has 1 aliphatic rings. The van der Waals surface area contributed by atoms with Crippen LogP contribution >= 0.6 is 0 Å². The summed E-state index contributed by atoms with van der Waals surface area (Å²) in [6, 6.07) is 1.94. The van der Waals surface area contributed by atoms with Gasteiger partial charge in [0.1, 0.15) is 11.9 Å². The van der Waals surface area contributed by atoms with Crippen LogP contribution in [0.1, 0.15) is 6.42 Å². The largest absolute Gasteiger partial charge is 0.486 e. The fourth-order valence-electron chi connectivity index (χ4n) is 1.42. The molecule has 4 nitrogen and oxygen atoms in total. The number of hydrogen-bond donors (Lipinski definition) is 1. The predicted molar refractivity (Wildman–Crippen MR) is 53.6 cm³/mol. The summed E-state index contributed by atoms with van der Waals surface area (Å²) in [5.74, 6) is 0.798. The van der Waals surface area contributed by atoms with Gasteiger partial charge in [-0.25, -0.2) is 0 Å². The minimum atomic E-state index is 0.184. The predicted octanol–water partition coefficient (Wildman–Crippen LogP) is 1.29. The van der Waals surface area contributed by atoms with E-state index in [9.17, 15) is 0 Å². The van der Waals surface area contributed by atoms with E-state index in [1.165, 1.54) is 0 Å². The molecule has 1 aromatic rings. The van der Waals surface area contributed by atoms with Gasteiger partial charge < -0.3 is 14.8 Å². The third-order valence-corrected chi connectivity index (χ3v) is 2.19. The topological polar surface area (TPSA) is 43.4 Å². The molecule has 76 valence electrons. The van der Waals surface area contributed by atoms with E-state index in [4.69, 9.17) is 9.47 Å². The van der Waals surface area contributed by atoms with Gasteiger partial charge in [0.25, 0.3) is 0 Å². The molecule has 2 heterocycles. The van der Waals surface area contributed by atoms with Crippen molar-refractivity contribution in [3.8, 4) is 5.75 Å². The summed E-state index contributed by atoms with van der Waals surface area (Å²) in [7, 11) is 1.86. The van der Waals surface area contributed by atoms with Crippen molar-refractivity contribution in [2.45, 2.75) is 12.5 Å². The number of nitrogens with one attached hydrogen (secondary N) is 1. The third-order valence-electron chi connectivity index (χ3n) is 2.19. The second-order valence-electron chi connectivity index (χ2n) is 3.26. The molecule has 1 saturated heterocycles. The Labute approximate surface area is 83.2 Å². The summed E-state index contributed by atoms with van der Waals surface area (Å²) in [5.41, 5.74) is 0.960. The highest BCUT2D eigenvalue weighted by Crippen LogP contribution is 2.18. The van der Waals surface area contributed by atoms with E-state index < -0.39 is 0 Å². The van der Waals surface area contributed by atoms with Gasteiger partial charge in [-0.3, -0.25) is 4.98 Å². The zero-order valence-corrected chi connectivity index (χ0v) is 8.19. The molecular weight excluding hydrogens is 180 g/mol. The molecule has 1 atom stereocenters. The first-order valence-corrected chi connectivity index (χ1v) is 4.75. The van der Waals surface area contributed by atoms with Crippen molar-refractivity contribution >= 4 is 5.69 Å². The number of rotatable bonds is 3. The van der Waals surface area contributed by atoms with Crippen LogP contribution in [-0.4, -0.2) is 31.3 Å². The Hall–Kier alpha value is -1.29. The number of ether oxygens (including phenoxy) is 2. The first kappa shape index (κ1) is 9.27. The minimum absolute atomic E-state index is 0.184. The van der Waals surface area contributed by atoms with Gasteiger partial charge in [-0.15, -0.1) is 0 Å². The normalized spacial score (nSPS) is 20.8. The van der Waals surface area contributed by atoms with Crippen LogP contribution in [0.3, 0.4) is 0 Å². The molecule has 0 bridgehead atoms. The second kappa shape index (κ2) is 4.28. The molecule has 0 aliphatic carbocycles. The lowest BCUT2D eigenvalue weighted by Gasteiger charge is -2.11. The van der Waals surface area contributed by atoms with Gasteiger partial charge in [0.15, 0.2) is 0 Å². The Morgan fingerprint density at radius 1 is 1.57 bits per heavy atom. The number of anilines is 1. The fraction of sp³-hybridized carbons (Fsp3) is 0.500. The summed E-state index contributed by atoms with van der Waals surface area (Å²) in [5, 5.41) is 3.02. The highest BCUT2D eigenvalue weighted by molar-refractivity contribution is 5.44. The molecule has 0 amide bonds. The SMILES string of the molecule is CNc1cncc(OC2CCOC2)c1. The van der Waals surface area contributed by atoms with Crippen LogP contribution in [0.25, 0.3) is 0 Å². The maximum Gasteiger partial charge on any atom is 0.140 e. The standard InChI is InChI=1S/C10H14N2O2/c1-11-8-4-10(6-12-5-8)14-9-2-3-13-7-9/h4-6,9,11H,2-3,7H2,1H3. The van der Waals surface area contributed by atoms with Crippen molar-refractivity contribution < 1.29 is 9.47 Å². The number of hydrogen-bond acceptors (Lipinski definition) is 4. The summed E-state index contributed by atoms with van der Waals surface area (Å²) in [6.07, 6.45) is 4.63. The van der Waals surface area contributed by atoms with E-state index in [0.717, 1.165) is 24.5 Å². The van der Waals surface area contributed by atoms with Gasteiger partial charge in [-0.1, -0.05) is 0 Å². The van der Waals surface area contributed by atoms with Crippen LogP contribution in [0.2, 0.25) is 0 Å². The molecule has 0 saturated carbocycles. The second-order valence-corrected chi connectivity index (χ2v) is 3.26. The molecule has 1 unspecified atom stereocenters. The molecule has 1 fully saturated rings. The van der Waals surface area contributed by atoms with E-state index in [1.54, 1.807) is 12.4 Å². The van der Waals surface area contributed by atoms with Crippen LogP contribution < -0.4 is 10.1 Å². The molecule has 2 rings (SSSR count). The Kier molecular flexibility index (Phi) is 2.84. The molecule has 1 aliphatic heterocycles. The lowest BCUT2D eigenvalue weighted by atomic mass is 10.3. The van der Waals surface area contributed by atoms with Crippen molar-refractivity contribution in [1.29, 1.82) is 0 Å². The lowest BCUT2D eigenvalue weighted by Crippen LogP contribution is -2.15. The quantitative estimate of drug-likeness (QED) is 0.787. The molecule has 0 aromatic carbocycles. The van der Waals surface area contributed by atoms with Gasteiger partial charge in [0.2, 0.25) is 0 Å². The molecule has 14 heavy (non-hydrogen) atoms. The highest BCUT2D eigenvalue weighted by atomic mass is 16.5. The average Bonchev–Trinajstić information content (AvgIpc) is 2.71. The van der Waals surface area contributed by atoms with E-state index >= 15 is 0 Å². The van der Waals surface area contributed by atoms with Crippen molar-refractivity contribution in [3.05, 3.63) is 18.5 Å².